The minimum absolute atomic E-state index is 0.750. The Hall–Kier alpha value is -1.31. The molecule has 0 fully saturated rings. The topological polar surface area (TPSA) is 20.3 Å². The van der Waals surface area contributed by atoms with Gasteiger partial charge in [0.25, 0.3) is 0 Å². The summed E-state index contributed by atoms with van der Waals surface area (Å²) in [5, 5.41) is 0. The van der Waals surface area contributed by atoms with Crippen molar-refractivity contribution in [3.63, 3.8) is 0 Å². The summed E-state index contributed by atoms with van der Waals surface area (Å²) in [4.78, 5) is 10.9. The van der Waals surface area contributed by atoms with Gasteiger partial charge in [-0.2, -0.15) is 0 Å². The molecule has 0 radical (unpaired) electrons. The first-order valence-electron chi connectivity index (χ1n) is 4.21. The van der Waals surface area contributed by atoms with Crippen molar-refractivity contribution >= 4 is 6.41 Å². The molecular weight excluding hydrogens is 162 g/mol. The Labute approximate surface area is 80.2 Å². The molecule has 0 aromatic heterocycles. The lowest BCUT2D eigenvalue weighted by Crippen LogP contribution is -2.06. The summed E-state index contributed by atoms with van der Waals surface area (Å²) in [5.41, 5.74) is 2.66. The molecule has 2 heteroatoms. The molecule has 1 aromatic rings. The summed E-state index contributed by atoms with van der Waals surface area (Å²) in [6, 6.07) is 8.48. The molecule has 0 saturated heterocycles. The van der Waals surface area contributed by atoms with Crippen LogP contribution in [0.25, 0.3) is 0 Å². The van der Waals surface area contributed by atoms with Crippen LogP contribution in [0.1, 0.15) is 11.1 Å². The highest BCUT2D eigenvalue weighted by atomic mass is 16.1. The summed E-state index contributed by atoms with van der Waals surface area (Å²) in [7, 11) is 3.38. The van der Waals surface area contributed by atoms with Crippen LogP contribution in [0.3, 0.4) is 0 Å². The van der Waals surface area contributed by atoms with E-state index in [0.717, 1.165) is 6.41 Å². The lowest BCUT2D eigenvalue weighted by molar-refractivity contribution is -0.115. The molecule has 0 spiro atoms. The van der Waals surface area contributed by atoms with Crippen LogP contribution in [0.15, 0.2) is 24.3 Å². The number of aryl methyl sites for hydroxylation is 2. The molecule has 0 bridgehead atoms. The zero-order chi connectivity index (χ0) is 10.3. The smallest absolute Gasteiger partial charge is 0.209 e. The first-order valence-corrected chi connectivity index (χ1v) is 4.21. The van der Waals surface area contributed by atoms with E-state index in [1.807, 2.05) is 0 Å². The van der Waals surface area contributed by atoms with Gasteiger partial charge in [0, 0.05) is 14.1 Å². The Kier molecular flexibility index (Phi) is 5.60. The summed E-state index contributed by atoms with van der Waals surface area (Å²) in [6.45, 7) is 4.19. The average molecular weight is 179 g/mol. The maximum absolute atomic E-state index is 9.43. The van der Waals surface area contributed by atoms with Gasteiger partial charge in [0.1, 0.15) is 0 Å². The van der Waals surface area contributed by atoms with Gasteiger partial charge in [-0.25, -0.2) is 0 Å². The van der Waals surface area contributed by atoms with Gasteiger partial charge in [0.15, 0.2) is 0 Å². The van der Waals surface area contributed by atoms with Crippen molar-refractivity contribution in [2.45, 2.75) is 13.8 Å². The van der Waals surface area contributed by atoms with E-state index in [4.69, 9.17) is 0 Å². The number of amides is 1. The van der Waals surface area contributed by atoms with Crippen LogP contribution in [-0.2, 0) is 4.79 Å². The highest BCUT2D eigenvalue weighted by molar-refractivity contribution is 5.45. The zero-order valence-electron chi connectivity index (χ0n) is 8.74. The molecule has 1 amide bonds. The molecule has 1 rings (SSSR count). The van der Waals surface area contributed by atoms with Gasteiger partial charge in [-0.1, -0.05) is 35.4 Å². The van der Waals surface area contributed by atoms with Crippen LogP contribution >= 0.6 is 0 Å². The van der Waals surface area contributed by atoms with Gasteiger partial charge >= 0.3 is 0 Å². The molecule has 0 aliphatic carbocycles. The van der Waals surface area contributed by atoms with Gasteiger partial charge in [-0.05, 0) is 13.8 Å². The Balaban J connectivity index is 0.000000252. The molecule has 0 saturated carbocycles. The number of nitrogens with zero attached hydrogens (tertiary/aromatic N) is 1. The van der Waals surface area contributed by atoms with E-state index in [1.165, 1.54) is 16.0 Å². The molecule has 0 unspecified atom stereocenters. The molecule has 0 aliphatic heterocycles. The number of rotatable bonds is 1. The molecule has 0 heterocycles. The Morgan fingerprint density at radius 2 is 1.23 bits per heavy atom. The second-order valence-electron chi connectivity index (χ2n) is 3.22. The van der Waals surface area contributed by atoms with Crippen LogP contribution < -0.4 is 0 Å². The van der Waals surface area contributed by atoms with Crippen molar-refractivity contribution in [2.75, 3.05) is 14.1 Å². The van der Waals surface area contributed by atoms with Crippen molar-refractivity contribution in [3.05, 3.63) is 35.4 Å². The highest BCUT2D eigenvalue weighted by Crippen LogP contribution is 1.99. The van der Waals surface area contributed by atoms with E-state index in [-0.39, 0.29) is 0 Å². The number of benzene rings is 1. The van der Waals surface area contributed by atoms with Crippen LogP contribution in [0.2, 0.25) is 0 Å². The number of hydrogen-bond donors (Lipinski definition) is 0. The Morgan fingerprint density at radius 3 is 1.38 bits per heavy atom. The standard InChI is InChI=1S/C8H10.C3H7NO/c1-7-3-5-8(2)6-4-7;1-4(2)3-5/h3-6H,1-2H3;3H,1-2H3. The van der Waals surface area contributed by atoms with Gasteiger partial charge in [0.2, 0.25) is 6.41 Å². The van der Waals surface area contributed by atoms with Crippen LogP contribution in [0.4, 0.5) is 0 Å². The van der Waals surface area contributed by atoms with E-state index in [2.05, 4.69) is 38.1 Å². The van der Waals surface area contributed by atoms with E-state index in [0.29, 0.717) is 0 Å². The number of hydrogen-bond acceptors (Lipinski definition) is 1. The largest absolute Gasteiger partial charge is 0.351 e. The van der Waals surface area contributed by atoms with E-state index < -0.39 is 0 Å². The average Bonchev–Trinajstić information content (AvgIpc) is 2.11. The normalized spacial score (nSPS) is 8.31. The SMILES string of the molecule is CN(C)C=O.Cc1ccc(C)cc1. The third kappa shape index (κ3) is 7.06. The van der Waals surface area contributed by atoms with Crippen molar-refractivity contribution in [3.8, 4) is 0 Å². The Morgan fingerprint density at radius 1 is 1.00 bits per heavy atom. The van der Waals surface area contributed by atoms with Gasteiger partial charge in [0.05, 0.1) is 0 Å². The summed E-state index contributed by atoms with van der Waals surface area (Å²) in [5.74, 6) is 0. The monoisotopic (exact) mass is 179 g/mol. The molecule has 0 atom stereocenters. The maximum atomic E-state index is 9.43. The number of carbonyl (C=O) groups excluding carboxylic acids is 1. The molecule has 2 nitrogen and oxygen atoms in total. The predicted octanol–water partition coefficient (Wildman–Crippen LogP) is 2.01. The summed E-state index contributed by atoms with van der Waals surface area (Å²) >= 11 is 0. The first-order chi connectivity index (χ1) is 6.06. The van der Waals surface area contributed by atoms with Crippen molar-refractivity contribution in [1.29, 1.82) is 0 Å². The minimum atomic E-state index is 0.750. The molecule has 0 aliphatic rings. The molecule has 1 aromatic carbocycles. The third-order valence-electron chi connectivity index (χ3n) is 1.43. The van der Waals surface area contributed by atoms with Gasteiger partial charge in [-0.15, -0.1) is 0 Å². The van der Waals surface area contributed by atoms with Crippen LogP contribution in [-0.4, -0.2) is 25.4 Å². The summed E-state index contributed by atoms with van der Waals surface area (Å²) < 4.78 is 0. The lowest BCUT2D eigenvalue weighted by atomic mass is 10.2. The second kappa shape index (κ2) is 6.23. The zero-order valence-corrected chi connectivity index (χ0v) is 8.74. The van der Waals surface area contributed by atoms with Crippen molar-refractivity contribution < 1.29 is 4.79 Å². The van der Waals surface area contributed by atoms with Gasteiger partial charge < -0.3 is 4.90 Å². The first kappa shape index (κ1) is 11.7. The number of carbonyl (C=O) groups is 1. The molecule has 0 N–H and O–H groups in total. The Bertz CT molecular complexity index is 218. The van der Waals surface area contributed by atoms with Crippen LogP contribution in [0.5, 0.6) is 0 Å². The fraction of sp³-hybridized carbons (Fsp3) is 0.364. The predicted molar refractivity (Wildman–Crippen MR) is 55.7 cm³/mol. The quantitative estimate of drug-likeness (QED) is 0.604. The second-order valence-corrected chi connectivity index (χ2v) is 3.22. The molecular formula is C11H17NO. The maximum Gasteiger partial charge on any atom is 0.209 e. The van der Waals surface area contributed by atoms with E-state index >= 15 is 0 Å². The van der Waals surface area contributed by atoms with E-state index in [1.54, 1.807) is 14.1 Å². The minimum Gasteiger partial charge on any atom is -0.351 e. The fourth-order valence-corrected chi connectivity index (χ4v) is 0.637. The van der Waals surface area contributed by atoms with Crippen molar-refractivity contribution in [2.24, 2.45) is 0 Å². The molecule has 72 valence electrons. The third-order valence-corrected chi connectivity index (χ3v) is 1.43. The highest BCUT2D eigenvalue weighted by Gasteiger charge is 1.79. The van der Waals surface area contributed by atoms with Gasteiger partial charge in [-0.3, -0.25) is 4.79 Å². The summed E-state index contributed by atoms with van der Waals surface area (Å²) in [6.07, 6.45) is 0.750. The molecule has 13 heavy (non-hydrogen) atoms. The lowest BCUT2D eigenvalue weighted by Gasteiger charge is -1.93. The van der Waals surface area contributed by atoms with Crippen LogP contribution in [0, 0.1) is 13.8 Å². The fourth-order valence-electron chi connectivity index (χ4n) is 0.637. The van der Waals surface area contributed by atoms with Crippen molar-refractivity contribution in [1.82, 2.24) is 4.90 Å². The van der Waals surface area contributed by atoms with E-state index in [9.17, 15) is 4.79 Å².